The Morgan fingerprint density at radius 2 is 2.08 bits per heavy atom. The van der Waals surface area contributed by atoms with Crippen LogP contribution in [-0.2, 0) is 21.4 Å². The molecular formula is C14H17FN4O4S. The highest BCUT2D eigenvalue weighted by atomic mass is 32.2. The zero-order valence-corrected chi connectivity index (χ0v) is 14.2. The Kier molecular flexibility index (Phi) is 5.30. The van der Waals surface area contributed by atoms with Gasteiger partial charge >= 0.3 is 0 Å². The number of nitrogens with zero attached hydrogens (tertiary/aromatic N) is 3. The minimum Gasteiger partial charge on any atom is -0.340 e. The average Bonchev–Trinajstić information content (AvgIpc) is 2.92. The molecule has 1 aromatic carbocycles. The van der Waals surface area contributed by atoms with Crippen molar-refractivity contribution in [2.24, 2.45) is 0 Å². The second-order valence-electron chi connectivity index (χ2n) is 5.21. The van der Waals surface area contributed by atoms with Gasteiger partial charge in [0.1, 0.15) is 5.82 Å². The third-order valence-corrected chi connectivity index (χ3v) is 4.63. The van der Waals surface area contributed by atoms with E-state index in [9.17, 15) is 17.6 Å². The molecule has 130 valence electrons. The maximum atomic E-state index is 13.2. The van der Waals surface area contributed by atoms with Gasteiger partial charge in [-0.3, -0.25) is 4.79 Å². The van der Waals surface area contributed by atoms with Gasteiger partial charge in [0, 0.05) is 14.0 Å². The van der Waals surface area contributed by atoms with E-state index >= 15 is 0 Å². The molecule has 1 aromatic heterocycles. The summed E-state index contributed by atoms with van der Waals surface area (Å²) in [5.41, 5.74) is 0.203. The molecule has 10 heteroatoms. The molecule has 0 unspecified atom stereocenters. The predicted molar refractivity (Wildman–Crippen MR) is 81.8 cm³/mol. The molecule has 2 rings (SSSR count). The third-order valence-electron chi connectivity index (χ3n) is 3.23. The molecular weight excluding hydrogens is 339 g/mol. The number of nitrogens with one attached hydrogen (secondary N) is 1. The van der Waals surface area contributed by atoms with Crippen LogP contribution in [0.4, 0.5) is 4.39 Å². The first kappa shape index (κ1) is 18.0. The fourth-order valence-corrected chi connectivity index (χ4v) is 2.92. The second-order valence-corrected chi connectivity index (χ2v) is 6.98. The molecule has 0 saturated carbocycles. The molecule has 24 heavy (non-hydrogen) atoms. The number of benzene rings is 1. The van der Waals surface area contributed by atoms with E-state index in [2.05, 4.69) is 14.9 Å². The zero-order valence-electron chi connectivity index (χ0n) is 13.4. The van der Waals surface area contributed by atoms with Crippen LogP contribution >= 0.6 is 0 Å². The highest BCUT2D eigenvalue weighted by Crippen LogP contribution is 2.14. The lowest BCUT2D eigenvalue weighted by Crippen LogP contribution is -2.38. The van der Waals surface area contributed by atoms with E-state index in [1.807, 2.05) is 0 Å². The third kappa shape index (κ3) is 4.36. The Morgan fingerprint density at radius 1 is 1.38 bits per heavy atom. The van der Waals surface area contributed by atoms with Crippen LogP contribution in [0.1, 0.15) is 17.3 Å². The summed E-state index contributed by atoms with van der Waals surface area (Å²) in [6.45, 7) is 2.73. The van der Waals surface area contributed by atoms with E-state index in [4.69, 9.17) is 4.52 Å². The number of hydrogen-bond donors (Lipinski definition) is 1. The lowest BCUT2D eigenvalue weighted by Gasteiger charge is -2.15. The Morgan fingerprint density at radius 3 is 2.67 bits per heavy atom. The van der Waals surface area contributed by atoms with E-state index in [0.717, 1.165) is 12.1 Å². The number of sulfonamides is 1. The van der Waals surface area contributed by atoms with Crippen molar-refractivity contribution in [1.82, 2.24) is 19.8 Å². The number of rotatable bonds is 6. The summed E-state index contributed by atoms with van der Waals surface area (Å²) in [5, 5.41) is 3.66. The van der Waals surface area contributed by atoms with Gasteiger partial charge in [-0.2, -0.15) is 4.98 Å². The van der Waals surface area contributed by atoms with Gasteiger partial charge in [-0.15, -0.1) is 0 Å². The summed E-state index contributed by atoms with van der Waals surface area (Å²) in [7, 11) is -2.42. The topological polar surface area (TPSA) is 105 Å². The van der Waals surface area contributed by atoms with Gasteiger partial charge in [0.2, 0.25) is 21.8 Å². The Hall–Kier alpha value is -2.33. The maximum absolute atomic E-state index is 13.2. The Labute approximate surface area is 138 Å². The van der Waals surface area contributed by atoms with Gasteiger partial charge in [-0.05, 0) is 30.7 Å². The molecule has 0 aliphatic carbocycles. The van der Waals surface area contributed by atoms with Crippen LogP contribution in [0.25, 0.3) is 0 Å². The molecule has 0 radical (unpaired) electrons. The number of likely N-dealkylation sites (N-methyl/N-ethyl adjacent to an activating group) is 1. The summed E-state index contributed by atoms with van der Waals surface area (Å²) in [6, 6.07) is 3.41. The molecule has 2 aromatic rings. The van der Waals surface area contributed by atoms with E-state index in [-0.39, 0.29) is 17.0 Å². The standard InChI is InChI=1S/C14H17FN4O4S/c1-9-6-11(4-5-12(9)15)24(21,22)16-7-14(20)19(3)8-13-17-10(2)23-18-13/h4-6,16H,7-8H2,1-3H3. The van der Waals surface area contributed by atoms with E-state index in [1.54, 1.807) is 6.92 Å². The normalized spacial score (nSPS) is 11.5. The van der Waals surface area contributed by atoms with Crippen LogP contribution in [0.5, 0.6) is 0 Å². The lowest BCUT2D eigenvalue weighted by molar-refractivity contribution is -0.129. The number of carbonyl (C=O) groups is 1. The fourth-order valence-electron chi connectivity index (χ4n) is 1.87. The summed E-state index contributed by atoms with van der Waals surface area (Å²) in [4.78, 5) is 17.1. The number of hydrogen-bond acceptors (Lipinski definition) is 6. The minimum absolute atomic E-state index is 0.0908. The summed E-state index contributed by atoms with van der Waals surface area (Å²) < 4.78 is 44.5. The first-order chi connectivity index (χ1) is 11.2. The molecule has 0 bridgehead atoms. The van der Waals surface area contributed by atoms with Gasteiger partial charge in [-0.1, -0.05) is 5.16 Å². The summed E-state index contributed by atoms with van der Waals surface area (Å²) in [5.74, 6) is -0.279. The van der Waals surface area contributed by atoms with Gasteiger partial charge in [0.05, 0.1) is 18.0 Å². The first-order valence-corrected chi connectivity index (χ1v) is 8.46. The fraction of sp³-hybridized carbons (Fsp3) is 0.357. The van der Waals surface area contributed by atoms with Crippen LogP contribution in [0.2, 0.25) is 0 Å². The molecule has 0 fully saturated rings. The van der Waals surface area contributed by atoms with Crippen molar-refractivity contribution in [2.45, 2.75) is 25.3 Å². The highest BCUT2D eigenvalue weighted by molar-refractivity contribution is 7.89. The van der Waals surface area contributed by atoms with Gasteiger partial charge in [0.15, 0.2) is 5.82 Å². The summed E-state index contributed by atoms with van der Waals surface area (Å²) in [6.07, 6.45) is 0. The number of halogens is 1. The molecule has 0 aliphatic heterocycles. The molecule has 0 atom stereocenters. The molecule has 0 aliphatic rings. The van der Waals surface area contributed by atoms with Crippen LogP contribution in [0.3, 0.4) is 0 Å². The number of aromatic nitrogens is 2. The summed E-state index contributed by atoms with van der Waals surface area (Å²) >= 11 is 0. The Bertz CT molecular complexity index is 850. The van der Waals surface area contributed by atoms with Crippen molar-refractivity contribution < 1.29 is 22.1 Å². The van der Waals surface area contributed by atoms with Crippen molar-refractivity contribution in [3.05, 3.63) is 41.3 Å². The van der Waals surface area contributed by atoms with Gasteiger partial charge in [0.25, 0.3) is 0 Å². The molecule has 0 spiro atoms. The SMILES string of the molecule is Cc1nc(CN(C)C(=O)CNS(=O)(=O)c2ccc(F)c(C)c2)no1. The predicted octanol–water partition coefficient (Wildman–Crippen LogP) is 0.762. The number of amides is 1. The van der Waals surface area contributed by atoms with E-state index in [1.165, 1.54) is 24.9 Å². The second kappa shape index (κ2) is 7.05. The maximum Gasteiger partial charge on any atom is 0.241 e. The highest BCUT2D eigenvalue weighted by Gasteiger charge is 2.19. The van der Waals surface area contributed by atoms with Crippen LogP contribution in [0, 0.1) is 19.7 Å². The van der Waals surface area contributed by atoms with Crippen molar-refractivity contribution >= 4 is 15.9 Å². The first-order valence-electron chi connectivity index (χ1n) is 6.98. The van der Waals surface area contributed by atoms with Crippen molar-refractivity contribution in [2.75, 3.05) is 13.6 Å². The van der Waals surface area contributed by atoms with E-state index in [0.29, 0.717) is 11.7 Å². The van der Waals surface area contributed by atoms with Gasteiger partial charge < -0.3 is 9.42 Å². The van der Waals surface area contributed by atoms with Gasteiger partial charge in [-0.25, -0.2) is 17.5 Å². The van der Waals surface area contributed by atoms with Crippen LogP contribution < -0.4 is 4.72 Å². The molecule has 1 amide bonds. The monoisotopic (exact) mass is 356 g/mol. The quantitative estimate of drug-likeness (QED) is 0.819. The largest absolute Gasteiger partial charge is 0.340 e. The average molecular weight is 356 g/mol. The van der Waals surface area contributed by atoms with Crippen LogP contribution in [-0.4, -0.2) is 43.0 Å². The number of aryl methyl sites for hydroxylation is 2. The van der Waals surface area contributed by atoms with E-state index < -0.39 is 28.3 Å². The zero-order chi connectivity index (χ0) is 17.9. The molecule has 0 saturated heterocycles. The van der Waals surface area contributed by atoms with Crippen molar-refractivity contribution in [1.29, 1.82) is 0 Å². The molecule has 1 heterocycles. The molecule has 1 N–H and O–H groups in total. The minimum atomic E-state index is -3.91. The lowest BCUT2D eigenvalue weighted by atomic mass is 10.2. The molecule has 8 nitrogen and oxygen atoms in total. The van der Waals surface area contributed by atoms with Crippen molar-refractivity contribution in [3.63, 3.8) is 0 Å². The smallest absolute Gasteiger partial charge is 0.241 e. The van der Waals surface area contributed by atoms with Crippen LogP contribution in [0.15, 0.2) is 27.6 Å². The van der Waals surface area contributed by atoms with Crippen molar-refractivity contribution in [3.8, 4) is 0 Å². The number of carbonyl (C=O) groups excluding carboxylic acids is 1. The Balaban J connectivity index is 1.97.